The van der Waals surface area contributed by atoms with Crippen LogP contribution in [-0.4, -0.2) is 4.92 Å². The van der Waals surface area contributed by atoms with E-state index in [2.05, 4.69) is 0 Å². The third-order valence-electron chi connectivity index (χ3n) is 1.81. The van der Waals surface area contributed by atoms with Gasteiger partial charge >= 0.3 is 0 Å². The van der Waals surface area contributed by atoms with Crippen molar-refractivity contribution in [2.24, 2.45) is 0 Å². The van der Waals surface area contributed by atoms with Crippen LogP contribution >= 0.6 is 23.5 Å². The molecular formula is C10H7NO2S2. The van der Waals surface area contributed by atoms with E-state index in [0.29, 0.717) is 0 Å². The highest BCUT2D eigenvalue weighted by Crippen LogP contribution is 2.38. The Morgan fingerprint density at radius 3 is 2.27 bits per heavy atom. The maximum Gasteiger partial charge on any atom is 0.269 e. The molecule has 0 atom stereocenters. The van der Waals surface area contributed by atoms with Crippen LogP contribution in [0.4, 0.5) is 5.69 Å². The molecule has 5 heteroatoms. The van der Waals surface area contributed by atoms with Crippen molar-refractivity contribution in [1.29, 1.82) is 0 Å². The second kappa shape index (κ2) is 4.55. The van der Waals surface area contributed by atoms with Gasteiger partial charge in [0.15, 0.2) is 0 Å². The molecule has 0 spiro atoms. The quantitative estimate of drug-likeness (QED) is 0.579. The Balaban J connectivity index is 2.17. The zero-order valence-corrected chi connectivity index (χ0v) is 9.25. The summed E-state index contributed by atoms with van der Waals surface area (Å²) >= 11 is 3.31. The molecule has 0 bridgehead atoms. The Morgan fingerprint density at radius 2 is 1.73 bits per heavy atom. The molecule has 0 saturated carbocycles. The molecule has 1 aliphatic rings. The summed E-state index contributed by atoms with van der Waals surface area (Å²) < 4.78 is 1.18. The Morgan fingerprint density at radius 1 is 1.13 bits per heavy atom. The molecule has 0 N–H and O–H groups in total. The van der Waals surface area contributed by atoms with E-state index in [1.807, 2.05) is 16.9 Å². The van der Waals surface area contributed by atoms with E-state index in [4.69, 9.17) is 0 Å². The SMILES string of the molecule is O=[N+]([O-])c1ccc(C=C2SC=CS2)cc1. The molecule has 2 rings (SSSR count). The van der Waals surface area contributed by atoms with Crippen molar-refractivity contribution < 1.29 is 4.92 Å². The topological polar surface area (TPSA) is 43.1 Å². The molecule has 1 aromatic rings. The minimum absolute atomic E-state index is 0.127. The lowest BCUT2D eigenvalue weighted by atomic mass is 10.2. The van der Waals surface area contributed by atoms with Crippen molar-refractivity contribution in [3.63, 3.8) is 0 Å². The van der Waals surface area contributed by atoms with Gasteiger partial charge in [-0.1, -0.05) is 23.5 Å². The molecule has 3 nitrogen and oxygen atoms in total. The molecule has 1 aromatic carbocycles. The molecule has 15 heavy (non-hydrogen) atoms. The van der Waals surface area contributed by atoms with Crippen LogP contribution in [0.5, 0.6) is 0 Å². The molecule has 1 heterocycles. The number of hydrogen-bond donors (Lipinski definition) is 0. The zero-order valence-electron chi connectivity index (χ0n) is 7.62. The van der Waals surface area contributed by atoms with Crippen molar-refractivity contribution in [2.75, 3.05) is 0 Å². The first kappa shape index (κ1) is 10.3. The van der Waals surface area contributed by atoms with Gasteiger partial charge in [0.2, 0.25) is 0 Å². The van der Waals surface area contributed by atoms with Crippen LogP contribution in [0, 0.1) is 10.1 Å². The van der Waals surface area contributed by atoms with Crippen molar-refractivity contribution in [2.45, 2.75) is 0 Å². The molecule has 0 fully saturated rings. The second-order valence-corrected chi connectivity index (χ2v) is 4.97. The van der Waals surface area contributed by atoms with Crippen molar-refractivity contribution in [1.82, 2.24) is 0 Å². The second-order valence-electron chi connectivity index (χ2n) is 2.82. The highest BCUT2D eigenvalue weighted by molar-refractivity contribution is 8.27. The van der Waals surface area contributed by atoms with Crippen LogP contribution in [0.3, 0.4) is 0 Å². The first-order valence-electron chi connectivity index (χ1n) is 4.20. The molecule has 0 unspecified atom stereocenters. The average Bonchev–Trinajstić information content (AvgIpc) is 2.71. The number of hydrogen-bond acceptors (Lipinski definition) is 4. The van der Waals surface area contributed by atoms with Crippen molar-refractivity contribution in [3.8, 4) is 0 Å². The van der Waals surface area contributed by atoms with Crippen molar-refractivity contribution in [3.05, 3.63) is 55.0 Å². The van der Waals surface area contributed by atoms with E-state index in [-0.39, 0.29) is 5.69 Å². The summed E-state index contributed by atoms with van der Waals surface area (Å²) in [6.45, 7) is 0. The number of rotatable bonds is 2. The van der Waals surface area contributed by atoms with Crippen LogP contribution in [0.25, 0.3) is 6.08 Å². The lowest BCUT2D eigenvalue weighted by Gasteiger charge is -1.96. The zero-order chi connectivity index (χ0) is 10.7. The molecule has 0 amide bonds. The number of thioether (sulfide) groups is 2. The normalized spacial score (nSPS) is 14.3. The highest BCUT2D eigenvalue weighted by atomic mass is 32.2. The lowest BCUT2D eigenvalue weighted by Crippen LogP contribution is -1.86. The third-order valence-corrected chi connectivity index (χ3v) is 3.81. The summed E-state index contributed by atoms with van der Waals surface area (Å²) in [4.78, 5) is 10.0. The predicted molar refractivity (Wildman–Crippen MR) is 65.4 cm³/mol. The van der Waals surface area contributed by atoms with Gasteiger partial charge in [-0.05, 0) is 34.6 Å². The first-order chi connectivity index (χ1) is 7.25. The Bertz CT molecular complexity index is 427. The number of benzene rings is 1. The van der Waals surface area contributed by atoms with Gasteiger partial charge in [0.05, 0.1) is 4.92 Å². The van der Waals surface area contributed by atoms with Crippen LogP contribution in [0.15, 0.2) is 39.3 Å². The van der Waals surface area contributed by atoms with E-state index >= 15 is 0 Å². The fourth-order valence-corrected chi connectivity index (χ4v) is 2.79. The summed E-state index contributed by atoms with van der Waals surface area (Å²) in [6, 6.07) is 6.54. The molecular weight excluding hydrogens is 230 g/mol. The Hall–Kier alpha value is -1.20. The molecule has 0 aromatic heterocycles. The molecule has 0 radical (unpaired) electrons. The molecule has 1 aliphatic heterocycles. The highest BCUT2D eigenvalue weighted by Gasteiger charge is 2.05. The summed E-state index contributed by atoms with van der Waals surface area (Å²) in [6.07, 6.45) is 2.01. The summed E-state index contributed by atoms with van der Waals surface area (Å²) in [5, 5.41) is 14.5. The van der Waals surface area contributed by atoms with Crippen LogP contribution in [0.1, 0.15) is 5.56 Å². The van der Waals surface area contributed by atoms with Crippen molar-refractivity contribution >= 4 is 35.3 Å². The van der Waals surface area contributed by atoms with E-state index in [1.165, 1.54) is 16.4 Å². The minimum Gasteiger partial charge on any atom is -0.258 e. The van der Waals surface area contributed by atoms with Crippen LogP contribution in [0.2, 0.25) is 0 Å². The Kier molecular flexibility index (Phi) is 3.13. The number of nitro benzene ring substituents is 1. The maximum atomic E-state index is 10.4. The number of nitrogens with zero attached hydrogens (tertiary/aromatic N) is 1. The summed E-state index contributed by atoms with van der Waals surface area (Å²) in [5.74, 6) is 0. The standard InChI is InChI=1S/C10H7NO2S2/c12-11(13)9-3-1-8(2-4-9)7-10-14-5-6-15-10/h1-7H. The van der Waals surface area contributed by atoms with E-state index in [9.17, 15) is 10.1 Å². The van der Waals surface area contributed by atoms with E-state index in [0.717, 1.165) is 5.56 Å². The average molecular weight is 237 g/mol. The predicted octanol–water partition coefficient (Wildman–Crippen LogP) is 3.84. The molecule has 0 aliphatic carbocycles. The minimum atomic E-state index is -0.391. The third kappa shape index (κ3) is 2.64. The summed E-state index contributed by atoms with van der Waals surface area (Å²) in [7, 11) is 0. The van der Waals surface area contributed by atoms with E-state index in [1.54, 1.807) is 35.7 Å². The van der Waals surface area contributed by atoms with Gasteiger partial charge in [0.25, 0.3) is 5.69 Å². The van der Waals surface area contributed by atoms with Gasteiger partial charge in [-0.3, -0.25) is 10.1 Å². The lowest BCUT2D eigenvalue weighted by molar-refractivity contribution is -0.384. The summed E-state index contributed by atoms with van der Waals surface area (Å²) in [5.41, 5.74) is 1.11. The van der Waals surface area contributed by atoms with Gasteiger partial charge in [-0.15, -0.1) is 0 Å². The fourth-order valence-electron chi connectivity index (χ4n) is 1.11. The molecule has 0 saturated heterocycles. The van der Waals surface area contributed by atoms with Crippen LogP contribution in [-0.2, 0) is 0 Å². The smallest absolute Gasteiger partial charge is 0.258 e. The maximum absolute atomic E-state index is 10.4. The van der Waals surface area contributed by atoms with Gasteiger partial charge in [-0.2, -0.15) is 0 Å². The number of non-ortho nitro benzene ring substituents is 1. The molecule has 76 valence electrons. The van der Waals surface area contributed by atoms with Gasteiger partial charge < -0.3 is 0 Å². The number of nitro groups is 1. The monoisotopic (exact) mass is 237 g/mol. The van der Waals surface area contributed by atoms with Gasteiger partial charge in [0.1, 0.15) is 0 Å². The Labute approximate surface area is 95.4 Å². The van der Waals surface area contributed by atoms with Gasteiger partial charge in [-0.25, -0.2) is 0 Å². The first-order valence-corrected chi connectivity index (χ1v) is 5.96. The largest absolute Gasteiger partial charge is 0.269 e. The van der Waals surface area contributed by atoms with E-state index < -0.39 is 4.92 Å². The van der Waals surface area contributed by atoms with Gasteiger partial charge in [0, 0.05) is 16.4 Å². The fraction of sp³-hybridized carbons (Fsp3) is 0. The van der Waals surface area contributed by atoms with Crippen LogP contribution < -0.4 is 0 Å².